The molecule has 2 N–H and O–H groups in total. The van der Waals surface area contributed by atoms with E-state index in [2.05, 4.69) is 18.8 Å². The molecule has 90 valence electrons. The number of hydrogen-bond donors (Lipinski definition) is 1. The van der Waals surface area contributed by atoms with Crippen LogP contribution < -0.4 is 15.2 Å². The summed E-state index contributed by atoms with van der Waals surface area (Å²) in [5.41, 5.74) is 6.28. The van der Waals surface area contributed by atoms with Crippen molar-refractivity contribution in [1.29, 1.82) is 0 Å². The maximum atomic E-state index is 5.75. The van der Waals surface area contributed by atoms with Crippen molar-refractivity contribution in [2.24, 2.45) is 5.92 Å². The van der Waals surface area contributed by atoms with Gasteiger partial charge in [-0.3, -0.25) is 0 Å². The van der Waals surface area contributed by atoms with E-state index in [4.69, 9.17) is 15.2 Å². The SMILES string of the molecule is CC(C)COc1ccc(N)c(OC(C)C)n1. The normalized spacial score (nSPS) is 10.9. The third kappa shape index (κ3) is 3.96. The highest BCUT2D eigenvalue weighted by Gasteiger charge is 2.07. The number of ether oxygens (including phenoxy) is 2. The fourth-order valence-corrected chi connectivity index (χ4v) is 1.08. The Hall–Kier alpha value is -1.45. The molecule has 0 atom stereocenters. The molecule has 0 fully saturated rings. The predicted molar refractivity (Wildman–Crippen MR) is 64.7 cm³/mol. The van der Waals surface area contributed by atoms with E-state index in [0.29, 0.717) is 30.0 Å². The largest absolute Gasteiger partial charge is 0.477 e. The first-order valence-corrected chi connectivity index (χ1v) is 5.55. The molecule has 0 bridgehead atoms. The summed E-state index contributed by atoms with van der Waals surface area (Å²) in [6, 6.07) is 3.51. The summed E-state index contributed by atoms with van der Waals surface area (Å²) < 4.78 is 11.0. The van der Waals surface area contributed by atoms with Crippen LogP contribution >= 0.6 is 0 Å². The molecule has 4 nitrogen and oxygen atoms in total. The van der Waals surface area contributed by atoms with Crippen LogP contribution in [0.25, 0.3) is 0 Å². The molecule has 16 heavy (non-hydrogen) atoms. The summed E-state index contributed by atoms with van der Waals surface area (Å²) in [5.74, 6) is 1.46. The second-order valence-corrected chi connectivity index (χ2v) is 4.42. The van der Waals surface area contributed by atoms with Crippen LogP contribution in [0.2, 0.25) is 0 Å². The van der Waals surface area contributed by atoms with Crippen molar-refractivity contribution >= 4 is 5.69 Å². The predicted octanol–water partition coefficient (Wildman–Crippen LogP) is 2.49. The molecule has 0 aliphatic carbocycles. The molecule has 1 rings (SSSR count). The lowest BCUT2D eigenvalue weighted by atomic mass is 10.2. The Balaban J connectivity index is 2.73. The van der Waals surface area contributed by atoms with Crippen molar-refractivity contribution in [3.63, 3.8) is 0 Å². The third-order valence-electron chi connectivity index (χ3n) is 1.78. The molecular formula is C12H20N2O2. The van der Waals surface area contributed by atoms with Crippen LogP contribution in [-0.2, 0) is 0 Å². The van der Waals surface area contributed by atoms with E-state index in [1.54, 1.807) is 12.1 Å². The summed E-state index contributed by atoms with van der Waals surface area (Å²) in [7, 11) is 0. The van der Waals surface area contributed by atoms with Crippen molar-refractivity contribution in [3.05, 3.63) is 12.1 Å². The fraction of sp³-hybridized carbons (Fsp3) is 0.583. The first-order valence-electron chi connectivity index (χ1n) is 5.55. The van der Waals surface area contributed by atoms with E-state index >= 15 is 0 Å². The van der Waals surface area contributed by atoms with Crippen LogP contribution in [0.1, 0.15) is 27.7 Å². The van der Waals surface area contributed by atoms with Gasteiger partial charge in [0.15, 0.2) is 0 Å². The van der Waals surface area contributed by atoms with Crippen LogP contribution in [-0.4, -0.2) is 17.7 Å². The first-order chi connectivity index (χ1) is 7.49. The van der Waals surface area contributed by atoms with Crippen molar-refractivity contribution in [1.82, 2.24) is 4.98 Å². The number of rotatable bonds is 5. The van der Waals surface area contributed by atoms with E-state index in [9.17, 15) is 0 Å². The van der Waals surface area contributed by atoms with Gasteiger partial charge in [-0.25, -0.2) is 0 Å². The van der Waals surface area contributed by atoms with Gasteiger partial charge in [0.2, 0.25) is 11.8 Å². The van der Waals surface area contributed by atoms with Crippen LogP contribution in [0.5, 0.6) is 11.8 Å². The fourth-order valence-electron chi connectivity index (χ4n) is 1.08. The molecule has 0 aromatic carbocycles. The van der Waals surface area contributed by atoms with Crippen LogP contribution in [0.15, 0.2) is 12.1 Å². The van der Waals surface area contributed by atoms with Crippen LogP contribution in [0, 0.1) is 5.92 Å². The van der Waals surface area contributed by atoms with E-state index in [1.807, 2.05) is 13.8 Å². The molecule has 0 radical (unpaired) electrons. The number of pyridine rings is 1. The highest BCUT2D eigenvalue weighted by Crippen LogP contribution is 2.23. The second kappa shape index (κ2) is 5.58. The zero-order valence-corrected chi connectivity index (χ0v) is 10.4. The quantitative estimate of drug-likeness (QED) is 0.834. The molecule has 1 heterocycles. The minimum absolute atomic E-state index is 0.0511. The standard InChI is InChI=1S/C12H20N2O2/c1-8(2)7-15-11-6-5-10(13)12(14-11)16-9(3)4/h5-6,8-9H,7,13H2,1-4H3. The summed E-state index contributed by atoms with van der Waals surface area (Å²) in [5, 5.41) is 0. The van der Waals surface area contributed by atoms with Gasteiger partial charge < -0.3 is 15.2 Å². The zero-order valence-electron chi connectivity index (χ0n) is 10.4. The Morgan fingerprint density at radius 2 is 1.94 bits per heavy atom. The van der Waals surface area contributed by atoms with E-state index < -0.39 is 0 Å². The maximum absolute atomic E-state index is 5.75. The van der Waals surface area contributed by atoms with E-state index in [1.165, 1.54) is 0 Å². The average Bonchev–Trinajstić information content (AvgIpc) is 2.18. The van der Waals surface area contributed by atoms with Gasteiger partial charge in [0.25, 0.3) is 0 Å². The molecule has 4 heteroatoms. The monoisotopic (exact) mass is 224 g/mol. The molecule has 0 spiro atoms. The molecule has 0 aliphatic rings. The minimum Gasteiger partial charge on any atom is -0.477 e. The average molecular weight is 224 g/mol. The smallest absolute Gasteiger partial charge is 0.240 e. The van der Waals surface area contributed by atoms with Gasteiger partial charge in [-0.05, 0) is 25.8 Å². The first kappa shape index (κ1) is 12.6. The molecule has 0 saturated heterocycles. The third-order valence-corrected chi connectivity index (χ3v) is 1.78. The van der Waals surface area contributed by atoms with E-state index in [0.717, 1.165) is 0 Å². The van der Waals surface area contributed by atoms with Crippen molar-refractivity contribution in [3.8, 4) is 11.8 Å². The number of nitrogens with two attached hydrogens (primary N) is 1. The van der Waals surface area contributed by atoms with Gasteiger partial charge in [0.05, 0.1) is 18.4 Å². The number of nitrogen functional groups attached to an aromatic ring is 1. The van der Waals surface area contributed by atoms with Gasteiger partial charge in [-0.15, -0.1) is 0 Å². The lowest BCUT2D eigenvalue weighted by Gasteiger charge is -2.13. The Labute approximate surface area is 96.8 Å². The number of aromatic nitrogens is 1. The number of hydrogen-bond acceptors (Lipinski definition) is 4. The molecule has 1 aromatic heterocycles. The van der Waals surface area contributed by atoms with Crippen molar-refractivity contribution < 1.29 is 9.47 Å². The molecule has 0 unspecified atom stereocenters. The van der Waals surface area contributed by atoms with Gasteiger partial charge in [0, 0.05) is 6.07 Å². The minimum atomic E-state index is 0.0511. The molecule has 1 aromatic rings. The molecule has 0 amide bonds. The Morgan fingerprint density at radius 3 is 2.50 bits per heavy atom. The van der Waals surface area contributed by atoms with Crippen LogP contribution in [0.4, 0.5) is 5.69 Å². The molecular weight excluding hydrogens is 204 g/mol. The summed E-state index contributed by atoms with van der Waals surface area (Å²) in [6.45, 7) is 8.68. The van der Waals surface area contributed by atoms with Gasteiger partial charge >= 0.3 is 0 Å². The Kier molecular flexibility index (Phi) is 4.40. The molecule has 0 saturated carbocycles. The van der Waals surface area contributed by atoms with Gasteiger partial charge in [-0.2, -0.15) is 4.98 Å². The Morgan fingerprint density at radius 1 is 1.25 bits per heavy atom. The second-order valence-electron chi connectivity index (χ2n) is 4.42. The summed E-state index contributed by atoms with van der Waals surface area (Å²) in [4.78, 5) is 4.21. The Bertz CT molecular complexity index is 338. The van der Waals surface area contributed by atoms with Gasteiger partial charge in [-0.1, -0.05) is 13.8 Å². The summed E-state index contributed by atoms with van der Waals surface area (Å²) >= 11 is 0. The lowest BCUT2D eigenvalue weighted by Crippen LogP contribution is -2.10. The highest BCUT2D eigenvalue weighted by atomic mass is 16.5. The van der Waals surface area contributed by atoms with Crippen molar-refractivity contribution in [2.45, 2.75) is 33.8 Å². The lowest BCUT2D eigenvalue weighted by molar-refractivity contribution is 0.222. The topological polar surface area (TPSA) is 57.4 Å². The number of anilines is 1. The zero-order chi connectivity index (χ0) is 12.1. The number of nitrogens with zero attached hydrogens (tertiary/aromatic N) is 1. The highest BCUT2D eigenvalue weighted by molar-refractivity contribution is 5.49. The summed E-state index contributed by atoms with van der Waals surface area (Å²) in [6.07, 6.45) is 0.0511. The maximum Gasteiger partial charge on any atom is 0.240 e. The van der Waals surface area contributed by atoms with Gasteiger partial charge in [0.1, 0.15) is 0 Å². The van der Waals surface area contributed by atoms with Crippen molar-refractivity contribution in [2.75, 3.05) is 12.3 Å². The molecule has 0 aliphatic heterocycles. The van der Waals surface area contributed by atoms with Crippen LogP contribution in [0.3, 0.4) is 0 Å². The van der Waals surface area contributed by atoms with E-state index in [-0.39, 0.29) is 6.10 Å².